The van der Waals surface area contributed by atoms with E-state index in [4.69, 9.17) is 4.74 Å². The summed E-state index contributed by atoms with van der Waals surface area (Å²) in [6, 6.07) is 4.39. The van der Waals surface area contributed by atoms with E-state index in [0.717, 1.165) is 4.68 Å². The number of anilines is 1. The van der Waals surface area contributed by atoms with Gasteiger partial charge in [0.2, 0.25) is 5.95 Å². The number of nitrogens with zero attached hydrogens (tertiary/aromatic N) is 7. The van der Waals surface area contributed by atoms with Gasteiger partial charge in [0.25, 0.3) is 0 Å². The second-order valence-corrected chi connectivity index (χ2v) is 7.91. The highest BCUT2D eigenvalue weighted by atomic mass is 19.4. The Bertz CT molecular complexity index is 1290. The zero-order chi connectivity index (χ0) is 23.3. The molecule has 0 bridgehead atoms. The second-order valence-electron chi connectivity index (χ2n) is 7.91. The molecule has 0 radical (unpaired) electrons. The summed E-state index contributed by atoms with van der Waals surface area (Å²) in [4.78, 5) is 6.59. The molecule has 1 aliphatic rings. The smallest absolute Gasteiger partial charge is 0.377 e. The molecular formula is C20H20F4N8O. The maximum absolute atomic E-state index is 13.9. The third-order valence-electron chi connectivity index (χ3n) is 5.55. The Balaban J connectivity index is 1.83. The van der Waals surface area contributed by atoms with E-state index in [1.807, 2.05) is 11.8 Å². The lowest BCUT2D eigenvalue weighted by atomic mass is 10.1. The van der Waals surface area contributed by atoms with Crippen LogP contribution in [0.1, 0.15) is 6.92 Å². The Morgan fingerprint density at radius 1 is 1.24 bits per heavy atom. The highest BCUT2D eigenvalue weighted by Gasteiger charge is 2.33. The van der Waals surface area contributed by atoms with E-state index < -0.39 is 18.7 Å². The molecule has 33 heavy (non-hydrogen) atoms. The second kappa shape index (κ2) is 7.83. The summed E-state index contributed by atoms with van der Waals surface area (Å²) in [7, 11) is 1.57. The van der Waals surface area contributed by atoms with Gasteiger partial charge in [0.15, 0.2) is 0 Å². The van der Waals surface area contributed by atoms with Gasteiger partial charge in [0.05, 0.1) is 36.0 Å². The molecule has 9 nitrogen and oxygen atoms in total. The van der Waals surface area contributed by atoms with Gasteiger partial charge in [-0.1, -0.05) is 0 Å². The van der Waals surface area contributed by atoms with E-state index >= 15 is 0 Å². The van der Waals surface area contributed by atoms with Crippen molar-refractivity contribution >= 4 is 16.7 Å². The van der Waals surface area contributed by atoms with Crippen molar-refractivity contribution in [1.29, 1.82) is 0 Å². The van der Waals surface area contributed by atoms with Crippen molar-refractivity contribution in [1.82, 2.24) is 34.7 Å². The summed E-state index contributed by atoms with van der Waals surface area (Å²) in [5, 5.41) is 14.7. The molecule has 4 aromatic heterocycles. The summed E-state index contributed by atoms with van der Waals surface area (Å²) < 4.78 is 62.1. The van der Waals surface area contributed by atoms with Crippen molar-refractivity contribution in [3.63, 3.8) is 0 Å². The largest absolute Gasteiger partial charge is 0.408 e. The van der Waals surface area contributed by atoms with Gasteiger partial charge in [-0.25, -0.2) is 4.98 Å². The van der Waals surface area contributed by atoms with Crippen LogP contribution in [-0.2, 0) is 18.3 Å². The number of hydrogen-bond donors (Lipinski definition) is 1. The normalized spacial score (nSPS) is 17.3. The molecule has 0 saturated carbocycles. The fraction of sp³-hybridized carbons (Fsp3) is 0.400. The third kappa shape index (κ3) is 3.92. The van der Waals surface area contributed by atoms with Crippen molar-refractivity contribution in [3.8, 4) is 22.8 Å². The number of alkyl halides is 3. The van der Waals surface area contributed by atoms with Crippen LogP contribution in [0, 0.1) is 5.95 Å². The third-order valence-corrected chi connectivity index (χ3v) is 5.55. The summed E-state index contributed by atoms with van der Waals surface area (Å²) >= 11 is 0. The van der Waals surface area contributed by atoms with Gasteiger partial charge in [0.1, 0.15) is 23.3 Å². The van der Waals surface area contributed by atoms with Crippen LogP contribution in [0.25, 0.3) is 33.8 Å². The van der Waals surface area contributed by atoms with E-state index in [9.17, 15) is 17.6 Å². The molecule has 174 valence electrons. The maximum Gasteiger partial charge on any atom is 0.408 e. The molecule has 1 aliphatic heterocycles. The van der Waals surface area contributed by atoms with E-state index in [2.05, 4.69) is 25.4 Å². The molecule has 0 unspecified atom stereocenters. The van der Waals surface area contributed by atoms with Gasteiger partial charge >= 0.3 is 6.18 Å². The first-order valence-corrected chi connectivity index (χ1v) is 10.2. The lowest BCUT2D eigenvalue weighted by molar-refractivity contribution is -0.141. The fourth-order valence-electron chi connectivity index (χ4n) is 4.12. The number of aryl methyl sites for hydroxylation is 1. The molecule has 0 spiro atoms. The number of morpholine rings is 1. The number of aromatic nitrogens is 7. The summed E-state index contributed by atoms with van der Waals surface area (Å²) in [5.74, 6) is -0.683. The Morgan fingerprint density at radius 3 is 2.70 bits per heavy atom. The Kier molecular flexibility index (Phi) is 5.07. The number of pyridine rings is 1. The molecular weight excluding hydrogens is 444 g/mol. The minimum absolute atomic E-state index is 0.106. The van der Waals surface area contributed by atoms with Gasteiger partial charge in [-0.15, -0.1) is 5.10 Å². The van der Waals surface area contributed by atoms with E-state index in [1.165, 1.54) is 16.9 Å². The predicted molar refractivity (Wildman–Crippen MR) is 111 cm³/mol. The molecule has 1 N–H and O–H groups in total. The number of fused-ring (bicyclic) bond motifs is 1. The summed E-state index contributed by atoms with van der Waals surface area (Å²) in [6.45, 7) is 1.95. The summed E-state index contributed by atoms with van der Waals surface area (Å²) in [6.07, 6.45) is -3.02. The predicted octanol–water partition coefficient (Wildman–Crippen LogP) is 3.15. The van der Waals surface area contributed by atoms with E-state index in [-0.39, 0.29) is 22.8 Å². The minimum Gasteiger partial charge on any atom is -0.377 e. The molecule has 1 fully saturated rings. The highest BCUT2D eigenvalue weighted by Crippen LogP contribution is 2.38. The molecule has 0 aromatic carbocycles. The molecule has 0 aliphatic carbocycles. The average Bonchev–Trinajstić information content (AvgIpc) is 3.46. The van der Waals surface area contributed by atoms with Gasteiger partial charge in [0, 0.05) is 31.9 Å². The topological polar surface area (TPSA) is 89.7 Å². The first-order valence-electron chi connectivity index (χ1n) is 10.2. The molecule has 4 aromatic rings. The molecule has 13 heteroatoms. The SMILES string of the molecule is C[C@@H]1COCCN1c1cc(-c2cc(F)nn2C)nc2c(-c3ccn[nH]3)nn(CC(F)(F)F)c12. The van der Waals surface area contributed by atoms with Gasteiger partial charge in [-0.2, -0.15) is 27.8 Å². The van der Waals surface area contributed by atoms with Crippen LogP contribution in [0.3, 0.4) is 0 Å². The van der Waals surface area contributed by atoms with Crippen molar-refractivity contribution in [3.05, 3.63) is 30.3 Å². The number of nitrogens with one attached hydrogen (secondary N) is 1. The Labute approximate surface area is 185 Å². The van der Waals surface area contributed by atoms with Crippen molar-refractivity contribution in [2.45, 2.75) is 25.7 Å². The molecule has 1 atom stereocenters. The lowest BCUT2D eigenvalue weighted by Gasteiger charge is -2.35. The van der Waals surface area contributed by atoms with Gasteiger partial charge in [-0.3, -0.25) is 14.5 Å². The van der Waals surface area contributed by atoms with Gasteiger partial charge < -0.3 is 9.64 Å². The van der Waals surface area contributed by atoms with Crippen molar-refractivity contribution in [2.75, 3.05) is 24.7 Å². The van der Waals surface area contributed by atoms with E-state index in [1.54, 1.807) is 19.2 Å². The molecule has 5 rings (SSSR count). The van der Waals surface area contributed by atoms with Crippen LogP contribution in [-0.4, -0.2) is 66.7 Å². The first kappa shape index (κ1) is 21.4. The van der Waals surface area contributed by atoms with Crippen molar-refractivity contribution < 1.29 is 22.3 Å². The van der Waals surface area contributed by atoms with Crippen molar-refractivity contribution in [2.24, 2.45) is 7.05 Å². The average molecular weight is 464 g/mol. The number of rotatable bonds is 4. The summed E-state index contributed by atoms with van der Waals surface area (Å²) in [5.41, 5.74) is 2.38. The minimum atomic E-state index is -4.50. The van der Waals surface area contributed by atoms with E-state index in [0.29, 0.717) is 42.5 Å². The van der Waals surface area contributed by atoms with Gasteiger partial charge in [-0.05, 0) is 19.1 Å². The molecule has 0 amide bonds. The Morgan fingerprint density at radius 2 is 2.06 bits per heavy atom. The lowest BCUT2D eigenvalue weighted by Crippen LogP contribution is -2.44. The molecule has 1 saturated heterocycles. The first-order chi connectivity index (χ1) is 15.7. The van der Waals surface area contributed by atoms with Crippen LogP contribution in [0.5, 0.6) is 0 Å². The Hall–Kier alpha value is -3.48. The quantitative estimate of drug-likeness (QED) is 0.467. The molecule has 5 heterocycles. The van der Waals surface area contributed by atoms with Crippen LogP contribution in [0.15, 0.2) is 24.4 Å². The number of ether oxygens (including phenoxy) is 1. The number of H-pyrrole nitrogens is 1. The number of aromatic amines is 1. The van der Waals surface area contributed by atoms with Crippen LogP contribution in [0.4, 0.5) is 23.2 Å². The van der Waals surface area contributed by atoms with Crippen LogP contribution < -0.4 is 4.90 Å². The standard InChI is InChI=1S/C20H20F4N8O/c1-11-9-33-6-5-31(11)15-7-13(14-8-16(21)28-30(14)2)26-18-17(12-3-4-25-27-12)29-32(19(15)18)10-20(22,23)24/h3-4,7-8,11H,5-6,9-10H2,1-2H3,(H,25,27)/t11-/m1/s1. The zero-order valence-corrected chi connectivity index (χ0v) is 17.8. The number of halogens is 4. The van der Waals surface area contributed by atoms with Crippen LogP contribution >= 0.6 is 0 Å². The zero-order valence-electron chi connectivity index (χ0n) is 17.8. The monoisotopic (exact) mass is 464 g/mol. The highest BCUT2D eigenvalue weighted by molar-refractivity contribution is 5.99. The number of hydrogen-bond acceptors (Lipinski definition) is 6. The fourth-order valence-corrected chi connectivity index (χ4v) is 4.12. The maximum atomic E-state index is 13.9. The van der Waals surface area contributed by atoms with Crippen LogP contribution in [0.2, 0.25) is 0 Å².